The van der Waals surface area contributed by atoms with E-state index in [2.05, 4.69) is 69.4 Å². The monoisotopic (exact) mass is 1150 g/mol. The Morgan fingerprint density at radius 1 is 0.244 bits per heavy atom. The first kappa shape index (κ1) is 79.4. The predicted octanol–water partition coefficient (Wildman–Crippen LogP) is 25.3. The standard InChI is InChI=1S/C76H140O6/c1-4-7-10-13-16-19-22-25-28-30-32-34-35-36-37-38-39-40-41-43-44-46-48-51-54-57-60-63-66-69-75(78)81-72-73(71-80-74(77)68-65-62-59-56-53-50-27-24-21-18-15-12-9-6-3)82-76(79)70-67-64-61-58-55-52-49-47-45-42-33-31-29-26-23-20-17-14-11-8-5-2/h23-24,26-27,30-33,73H,4-22,25,28-29,34-72H2,1-3H3/b26-23-,27-24-,32-30-,33-31-. The van der Waals surface area contributed by atoms with Crippen LogP contribution in [0, 0.1) is 0 Å². The van der Waals surface area contributed by atoms with Crippen molar-refractivity contribution in [3.05, 3.63) is 48.6 Å². The van der Waals surface area contributed by atoms with E-state index in [1.165, 1.54) is 289 Å². The van der Waals surface area contributed by atoms with E-state index >= 15 is 0 Å². The average Bonchev–Trinajstić information content (AvgIpc) is 3.47. The molecule has 0 saturated heterocycles. The van der Waals surface area contributed by atoms with Crippen LogP contribution in [0.4, 0.5) is 0 Å². The fraction of sp³-hybridized carbons (Fsp3) is 0.855. The lowest BCUT2D eigenvalue weighted by Gasteiger charge is -2.18. The van der Waals surface area contributed by atoms with E-state index in [-0.39, 0.29) is 31.1 Å². The summed E-state index contributed by atoms with van der Waals surface area (Å²) in [6, 6.07) is 0. The van der Waals surface area contributed by atoms with E-state index in [0.717, 1.165) is 70.6 Å². The van der Waals surface area contributed by atoms with Gasteiger partial charge in [-0.15, -0.1) is 0 Å². The van der Waals surface area contributed by atoms with Gasteiger partial charge < -0.3 is 14.2 Å². The number of unbranched alkanes of at least 4 members (excludes halogenated alkanes) is 49. The van der Waals surface area contributed by atoms with E-state index < -0.39 is 6.10 Å². The van der Waals surface area contributed by atoms with Crippen molar-refractivity contribution in [1.82, 2.24) is 0 Å². The molecule has 0 aromatic heterocycles. The minimum atomic E-state index is -0.779. The summed E-state index contributed by atoms with van der Waals surface area (Å²) in [6.45, 7) is 6.68. The highest BCUT2D eigenvalue weighted by Crippen LogP contribution is 2.18. The van der Waals surface area contributed by atoms with Crippen molar-refractivity contribution in [3.8, 4) is 0 Å². The Bertz CT molecular complexity index is 1410. The molecule has 0 aromatic rings. The molecule has 6 nitrogen and oxygen atoms in total. The summed E-state index contributed by atoms with van der Waals surface area (Å²) in [5.41, 5.74) is 0. The second-order valence-electron chi connectivity index (χ2n) is 24.8. The quantitative estimate of drug-likeness (QED) is 0.0261. The molecule has 0 heterocycles. The van der Waals surface area contributed by atoms with E-state index in [1.807, 2.05) is 0 Å². The van der Waals surface area contributed by atoms with Crippen molar-refractivity contribution >= 4 is 17.9 Å². The Labute approximate surface area is 511 Å². The smallest absolute Gasteiger partial charge is 0.306 e. The van der Waals surface area contributed by atoms with Crippen LogP contribution in [0.2, 0.25) is 0 Å². The number of ether oxygens (including phenoxy) is 3. The normalized spacial score (nSPS) is 12.3. The molecule has 1 unspecified atom stereocenters. The van der Waals surface area contributed by atoms with Gasteiger partial charge in [-0.2, -0.15) is 0 Å². The van der Waals surface area contributed by atoms with Crippen LogP contribution in [-0.2, 0) is 28.6 Å². The summed E-state index contributed by atoms with van der Waals surface area (Å²) in [7, 11) is 0. The molecule has 1 atom stereocenters. The molecule has 82 heavy (non-hydrogen) atoms. The van der Waals surface area contributed by atoms with Crippen molar-refractivity contribution in [2.75, 3.05) is 13.2 Å². The minimum Gasteiger partial charge on any atom is -0.462 e. The maximum atomic E-state index is 13.0. The van der Waals surface area contributed by atoms with Crippen LogP contribution in [0.15, 0.2) is 48.6 Å². The summed E-state index contributed by atoms with van der Waals surface area (Å²) >= 11 is 0. The first-order valence-corrected chi connectivity index (χ1v) is 36.6. The van der Waals surface area contributed by atoms with Crippen LogP contribution in [0.3, 0.4) is 0 Å². The largest absolute Gasteiger partial charge is 0.462 e. The molecule has 0 aliphatic heterocycles. The maximum Gasteiger partial charge on any atom is 0.306 e. The summed E-state index contributed by atoms with van der Waals surface area (Å²) < 4.78 is 17.0. The van der Waals surface area contributed by atoms with Gasteiger partial charge >= 0.3 is 17.9 Å². The van der Waals surface area contributed by atoms with Crippen molar-refractivity contribution in [2.45, 2.75) is 406 Å². The van der Waals surface area contributed by atoms with Crippen LogP contribution >= 0.6 is 0 Å². The molecule has 0 radical (unpaired) electrons. The van der Waals surface area contributed by atoms with Gasteiger partial charge in [0.25, 0.3) is 0 Å². The number of hydrogen-bond donors (Lipinski definition) is 0. The van der Waals surface area contributed by atoms with Crippen LogP contribution in [0.5, 0.6) is 0 Å². The zero-order valence-corrected chi connectivity index (χ0v) is 55.3. The number of rotatable bonds is 68. The molecular formula is C76H140O6. The van der Waals surface area contributed by atoms with Gasteiger partial charge in [-0.3, -0.25) is 14.4 Å². The number of hydrogen-bond acceptors (Lipinski definition) is 6. The number of esters is 3. The molecule has 0 bridgehead atoms. The van der Waals surface area contributed by atoms with Crippen molar-refractivity contribution in [2.24, 2.45) is 0 Å². The molecule has 0 aromatic carbocycles. The summed E-state index contributed by atoms with van der Waals surface area (Å²) in [6.07, 6.45) is 90.1. The summed E-state index contributed by atoms with van der Waals surface area (Å²) in [5.74, 6) is -0.861. The number of carbonyl (C=O) groups excluding carboxylic acids is 3. The summed E-state index contributed by atoms with van der Waals surface area (Å²) in [4.78, 5) is 38.5. The molecular weight excluding hydrogens is 1010 g/mol. The Morgan fingerprint density at radius 3 is 0.683 bits per heavy atom. The molecule has 0 rings (SSSR count). The Balaban J connectivity index is 4.22. The van der Waals surface area contributed by atoms with Gasteiger partial charge in [-0.1, -0.05) is 326 Å². The van der Waals surface area contributed by atoms with E-state index in [4.69, 9.17) is 14.2 Å². The highest BCUT2D eigenvalue weighted by Gasteiger charge is 2.19. The van der Waals surface area contributed by atoms with Crippen molar-refractivity contribution in [3.63, 3.8) is 0 Å². The molecule has 0 N–H and O–H groups in total. The zero-order valence-electron chi connectivity index (χ0n) is 55.3. The van der Waals surface area contributed by atoms with E-state index in [0.29, 0.717) is 19.3 Å². The second-order valence-corrected chi connectivity index (χ2v) is 24.8. The zero-order chi connectivity index (χ0) is 59.2. The highest BCUT2D eigenvalue weighted by molar-refractivity contribution is 5.71. The van der Waals surface area contributed by atoms with Crippen LogP contribution in [0.1, 0.15) is 400 Å². The molecule has 0 saturated carbocycles. The molecule has 6 heteroatoms. The van der Waals surface area contributed by atoms with E-state index in [9.17, 15) is 14.4 Å². The average molecular weight is 1150 g/mol. The van der Waals surface area contributed by atoms with Crippen molar-refractivity contribution < 1.29 is 28.6 Å². The molecule has 0 fully saturated rings. The van der Waals surface area contributed by atoms with Gasteiger partial charge in [0.2, 0.25) is 0 Å². The second kappa shape index (κ2) is 70.9. The van der Waals surface area contributed by atoms with Gasteiger partial charge in [0.1, 0.15) is 13.2 Å². The molecule has 0 aliphatic carbocycles. The van der Waals surface area contributed by atoms with Gasteiger partial charge in [-0.25, -0.2) is 0 Å². The Morgan fingerprint density at radius 2 is 0.439 bits per heavy atom. The van der Waals surface area contributed by atoms with Gasteiger partial charge in [0, 0.05) is 19.3 Å². The van der Waals surface area contributed by atoms with Gasteiger partial charge in [-0.05, 0) is 103 Å². The predicted molar refractivity (Wildman–Crippen MR) is 358 cm³/mol. The third kappa shape index (κ3) is 68.2. The lowest BCUT2D eigenvalue weighted by atomic mass is 10.0. The van der Waals surface area contributed by atoms with Crippen LogP contribution in [-0.4, -0.2) is 37.2 Å². The third-order valence-electron chi connectivity index (χ3n) is 16.5. The number of allylic oxidation sites excluding steroid dienone is 8. The topological polar surface area (TPSA) is 78.9 Å². The SMILES string of the molecule is CCCCCCC/C=C\C/C=C\CCCCCCCCCCCC(=O)OC(COC(=O)CCCCCCC/C=C\CCCCCCC)COC(=O)CCCCCCCCCCCCCCCCCCC/C=C\CCCCCCCCCC. The highest BCUT2D eigenvalue weighted by atomic mass is 16.6. The minimum absolute atomic E-state index is 0.0736. The van der Waals surface area contributed by atoms with Gasteiger partial charge in [0.05, 0.1) is 0 Å². The maximum absolute atomic E-state index is 13.0. The molecule has 0 spiro atoms. The fourth-order valence-electron chi connectivity index (χ4n) is 11.0. The Hall–Kier alpha value is -2.63. The number of carbonyl (C=O) groups is 3. The van der Waals surface area contributed by atoms with Crippen LogP contribution < -0.4 is 0 Å². The molecule has 480 valence electrons. The van der Waals surface area contributed by atoms with Crippen molar-refractivity contribution in [1.29, 1.82) is 0 Å². The first-order chi connectivity index (χ1) is 40.5. The first-order valence-electron chi connectivity index (χ1n) is 36.6. The summed E-state index contributed by atoms with van der Waals surface area (Å²) in [5, 5.41) is 0. The molecule has 0 aliphatic rings. The Kier molecular flexibility index (Phi) is 68.6. The van der Waals surface area contributed by atoms with Gasteiger partial charge in [0.15, 0.2) is 6.10 Å². The molecule has 0 amide bonds. The lowest BCUT2D eigenvalue weighted by Crippen LogP contribution is -2.30. The fourth-order valence-corrected chi connectivity index (χ4v) is 11.0. The third-order valence-corrected chi connectivity index (χ3v) is 16.5. The lowest BCUT2D eigenvalue weighted by molar-refractivity contribution is -0.167. The van der Waals surface area contributed by atoms with E-state index in [1.54, 1.807) is 0 Å². The van der Waals surface area contributed by atoms with Crippen LogP contribution in [0.25, 0.3) is 0 Å².